The molecule has 0 radical (unpaired) electrons. The molecule has 2 nitrogen and oxygen atoms in total. The summed E-state index contributed by atoms with van der Waals surface area (Å²) in [7, 11) is 0. The van der Waals surface area contributed by atoms with Gasteiger partial charge in [0.1, 0.15) is 0 Å². The summed E-state index contributed by atoms with van der Waals surface area (Å²) in [4.78, 5) is 0. The molecule has 0 amide bonds. The number of hydrogen-bond acceptors (Lipinski definition) is 2. The minimum absolute atomic E-state index is 0.649. The maximum absolute atomic E-state index is 5.90. The Balaban J connectivity index is 2.13. The molecule has 0 spiro atoms. The van der Waals surface area contributed by atoms with Gasteiger partial charge in [-0.3, -0.25) is 0 Å². The third kappa shape index (κ3) is 3.17. The summed E-state index contributed by atoms with van der Waals surface area (Å²) in [5.41, 5.74) is 9.82. The topological polar surface area (TPSA) is 38.0 Å². The van der Waals surface area contributed by atoms with E-state index in [1.165, 1.54) is 5.56 Å². The molecule has 0 unspecified atom stereocenters. The first kappa shape index (κ1) is 12.8. The van der Waals surface area contributed by atoms with Crippen molar-refractivity contribution in [3.63, 3.8) is 0 Å². The number of aryl methyl sites for hydroxylation is 1. The minimum atomic E-state index is 0.649. The summed E-state index contributed by atoms with van der Waals surface area (Å²) in [6.07, 6.45) is 2.28. The van der Waals surface area contributed by atoms with Crippen LogP contribution in [0.3, 0.4) is 0 Å². The van der Waals surface area contributed by atoms with E-state index in [1.54, 1.807) is 6.07 Å². The third-order valence-corrected chi connectivity index (χ3v) is 3.02. The van der Waals surface area contributed by atoms with Crippen LogP contribution in [0.5, 0.6) is 0 Å². The highest BCUT2D eigenvalue weighted by atomic mass is 35.5. The number of rotatable bonds is 4. The van der Waals surface area contributed by atoms with Gasteiger partial charge in [-0.25, -0.2) is 0 Å². The van der Waals surface area contributed by atoms with Crippen LogP contribution in [0, 0.1) is 0 Å². The van der Waals surface area contributed by atoms with Gasteiger partial charge < -0.3 is 11.1 Å². The number of benzene rings is 2. The second-order valence-corrected chi connectivity index (χ2v) is 4.74. The standard InChI is InChI=1S/C15H17ClN2/c1-2-3-11-4-7-13(8-5-11)18-15-9-6-12(16)10-14(15)17/h4-10,18H,2-3,17H2,1H3. The summed E-state index contributed by atoms with van der Waals surface area (Å²) in [5.74, 6) is 0. The van der Waals surface area contributed by atoms with Gasteiger partial charge in [-0.15, -0.1) is 0 Å². The maximum atomic E-state index is 5.90. The zero-order chi connectivity index (χ0) is 13.0. The lowest BCUT2D eigenvalue weighted by atomic mass is 10.1. The van der Waals surface area contributed by atoms with E-state index in [0.29, 0.717) is 10.7 Å². The Morgan fingerprint density at radius 2 is 1.83 bits per heavy atom. The van der Waals surface area contributed by atoms with Crippen LogP contribution in [-0.2, 0) is 6.42 Å². The Kier molecular flexibility index (Phi) is 4.11. The first-order chi connectivity index (χ1) is 8.69. The number of nitrogen functional groups attached to an aromatic ring is 1. The molecule has 3 heteroatoms. The van der Waals surface area contributed by atoms with Crippen molar-refractivity contribution in [1.82, 2.24) is 0 Å². The van der Waals surface area contributed by atoms with Crippen LogP contribution in [0.25, 0.3) is 0 Å². The fourth-order valence-electron chi connectivity index (χ4n) is 1.85. The molecular weight excluding hydrogens is 244 g/mol. The lowest BCUT2D eigenvalue weighted by Crippen LogP contribution is -1.96. The Bertz CT molecular complexity index is 521. The van der Waals surface area contributed by atoms with Gasteiger partial charge in [-0.05, 0) is 42.3 Å². The van der Waals surface area contributed by atoms with Crippen molar-refractivity contribution >= 4 is 28.7 Å². The highest BCUT2D eigenvalue weighted by Crippen LogP contribution is 2.26. The molecule has 0 aliphatic rings. The first-order valence-corrected chi connectivity index (χ1v) is 6.48. The predicted molar refractivity (Wildman–Crippen MR) is 79.6 cm³/mol. The molecule has 0 bridgehead atoms. The molecular formula is C15H17ClN2. The maximum Gasteiger partial charge on any atom is 0.0618 e. The van der Waals surface area contributed by atoms with Gasteiger partial charge in [0.05, 0.1) is 11.4 Å². The molecule has 0 aliphatic heterocycles. The monoisotopic (exact) mass is 260 g/mol. The molecule has 0 aliphatic carbocycles. The smallest absolute Gasteiger partial charge is 0.0618 e. The van der Waals surface area contributed by atoms with Gasteiger partial charge in [0.2, 0.25) is 0 Å². The van der Waals surface area contributed by atoms with Crippen LogP contribution in [0.15, 0.2) is 42.5 Å². The molecule has 18 heavy (non-hydrogen) atoms. The van der Waals surface area contributed by atoms with E-state index >= 15 is 0 Å². The summed E-state index contributed by atoms with van der Waals surface area (Å²) >= 11 is 5.87. The van der Waals surface area contributed by atoms with Gasteiger partial charge in [-0.1, -0.05) is 37.1 Å². The van der Waals surface area contributed by atoms with Crippen molar-refractivity contribution in [3.8, 4) is 0 Å². The van der Waals surface area contributed by atoms with Gasteiger partial charge in [-0.2, -0.15) is 0 Å². The van der Waals surface area contributed by atoms with Crippen molar-refractivity contribution in [2.45, 2.75) is 19.8 Å². The van der Waals surface area contributed by atoms with Crippen molar-refractivity contribution in [2.75, 3.05) is 11.1 Å². The highest BCUT2D eigenvalue weighted by Gasteiger charge is 2.00. The SMILES string of the molecule is CCCc1ccc(Nc2ccc(Cl)cc2N)cc1. The Labute approximate surface area is 113 Å². The van der Waals surface area contributed by atoms with Crippen LogP contribution in [0.1, 0.15) is 18.9 Å². The van der Waals surface area contributed by atoms with E-state index in [-0.39, 0.29) is 0 Å². The van der Waals surface area contributed by atoms with Crippen LogP contribution in [0.4, 0.5) is 17.1 Å². The second-order valence-electron chi connectivity index (χ2n) is 4.30. The number of hydrogen-bond donors (Lipinski definition) is 2. The summed E-state index contributed by atoms with van der Waals surface area (Å²) in [6.45, 7) is 2.18. The predicted octanol–water partition coefficient (Wildman–Crippen LogP) is 4.62. The van der Waals surface area contributed by atoms with Crippen molar-refractivity contribution in [1.29, 1.82) is 0 Å². The molecule has 3 N–H and O–H groups in total. The number of nitrogens with two attached hydrogens (primary N) is 1. The molecule has 0 fully saturated rings. The lowest BCUT2D eigenvalue weighted by Gasteiger charge is -2.10. The number of halogens is 1. The molecule has 0 aromatic heterocycles. The Morgan fingerprint density at radius 3 is 2.44 bits per heavy atom. The molecule has 2 aromatic carbocycles. The number of anilines is 3. The molecule has 0 saturated heterocycles. The molecule has 0 atom stereocenters. The molecule has 94 valence electrons. The fourth-order valence-corrected chi connectivity index (χ4v) is 2.03. The molecule has 0 saturated carbocycles. The van der Waals surface area contributed by atoms with Crippen molar-refractivity contribution in [2.24, 2.45) is 0 Å². The quantitative estimate of drug-likeness (QED) is 0.788. The second kappa shape index (κ2) is 5.78. The summed E-state index contributed by atoms with van der Waals surface area (Å²) in [5, 5.41) is 3.93. The van der Waals surface area contributed by atoms with E-state index in [1.807, 2.05) is 12.1 Å². The molecule has 2 rings (SSSR count). The van der Waals surface area contributed by atoms with E-state index in [9.17, 15) is 0 Å². The summed E-state index contributed by atoms with van der Waals surface area (Å²) < 4.78 is 0. The Hall–Kier alpha value is -1.67. The van der Waals surface area contributed by atoms with Crippen LogP contribution in [-0.4, -0.2) is 0 Å². The molecule has 0 heterocycles. The first-order valence-electron chi connectivity index (χ1n) is 6.10. The average molecular weight is 261 g/mol. The van der Waals surface area contributed by atoms with E-state index in [4.69, 9.17) is 17.3 Å². The highest BCUT2D eigenvalue weighted by molar-refractivity contribution is 6.31. The minimum Gasteiger partial charge on any atom is -0.397 e. The van der Waals surface area contributed by atoms with Gasteiger partial charge in [0.15, 0.2) is 0 Å². The normalized spacial score (nSPS) is 10.3. The average Bonchev–Trinajstić information content (AvgIpc) is 2.35. The zero-order valence-electron chi connectivity index (χ0n) is 10.4. The van der Waals surface area contributed by atoms with Crippen molar-refractivity contribution < 1.29 is 0 Å². The van der Waals surface area contributed by atoms with Crippen LogP contribution < -0.4 is 11.1 Å². The third-order valence-electron chi connectivity index (χ3n) is 2.79. The number of nitrogens with one attached hydrogen (secondary N) is 1. The van der Waals surface area contributed by atoms with Crippen molar-refractivity contribution in [3.05, 3.63) is 53.1 Å². The summed E-state index contributed by atoms with van der Waals surface area (Å²) in [6, 6.07) is 13.9. The van der Waals surface area contributed by atoms with E-state index in [0.717, 1.165) is 24.2 Å². The van der Waals surface area contributed by atoms with Crippen LogP contribution in [0.2, 0.25) is 5.02 Å². The van der Waals surface area contributed by atoms with Gasteiger partial charge in [0.25, 0.3) is 0 Å². The van der Waals surface area contributed by atoms with Gasteiger partial charge >= 0.3 is 0 Å². The van der Waals surface area contributed by atoms with E-state index < -0.39 is 0 Å². The van der Waals surface area contributed by atoms with E-state index in [2.05, 4.69) is 36.5 Å². The van der Waals surface area contributed by atoms with Gasteiger partial charge in [0, 0.05) is 10.7 Å². The largest absolute Gasteiger partial charge is 0.397 e. The lowest BCUT2D eigenvalue weighted by molar-refractivity contribution is 0.922. The van der Waals surface area contributed by atoms with Crippen LogP contribution >= 0.6 is 11.6 Å². The zero-order valence-corrected chi connectivity index (χ0v) is 11.2. The Morgan fingerprint density at radius 1 is 1.11 bits per heavy atom. The fraction of sp³-hybridized carbons (Fsp3) is 0.200. The molecule has 2 aromatic rings.